The number of imidazole rings is 1. The number of nitrogens with zero attached hydrogens (tertiary/aromatic N) is 5. The summed E-state index contributed by atoms with van der Waals surface area (Å²) in [6, 6.07) is 4.30. The molecule has 0 spiro atoms. The van der Waals surface area contributed by atoms with E-state index in [1.54, 1.807) is 12.3 Å². The van der Waals surface area contributed by atoms with E-state index in [1.807, 2.05) is 10.8 Å². The van der Waals surface area contributed by atoms with Crippen molar-refractivity contribution in [1.82, 2.24) is 30.2 Å². The summed E-state index contributed by atoms with van der Waals surface area (Å²) in [4.78, 5) is 4.30. The van der Waals surface area contributed by atoms with Gasteiger partial charge in [0.25, 0.3) is 0 Å². The molecule has 0 saturated heterocycles. The van der Waals surface area contributed by atoms with Gasteiger partial charge in [-0.25, -0.2) is 9.37 Å². The van der Waals surface area contributed by atoms with Crippen LogP contribution >= 0.6 is 11.6 Å². The van der Waals surface area contributed by atoms with Crippen molar-refractivity contribution in [1.29, 1.82) is 0 Å². The maximum atomic E-state index is 13.1. The van der Waals surface area contributed by atoms with Gasteiger partial charge in [0.2, 0.25) is 0 Å². The standard InChI is InChI=1S/C13H12ClFN6/c14-11-8-9(15)3-4-10(11)13-16-5-7-21(13)6-1-2-12-17-19-20-18-12/h3-5,7-8H,1-2,6H2,(H,17,18,19,20). The fourth-order valence-corrected chi connectivity index (χ4v) is 2.35. The van der Waals surface area contributed by atoms with Crippen molar-refractivity contribution in [3.63, 3.8) is 0 Å². The van der Waals surface area contributed by atoms with E-state index in [9.17, 15) is 4.39 Å². The summed E-state index contributed by atoms with van der Waals surface area (Å²) >= 11 is 6.08. The number of aryl methyl sites for hydroxylation is 2. The Kier molecular flexibility index (Phi) is 3.92. The van der Waals surface area contributed by atoms with Crippen molar-refractivity contribution < 1.29 is 4.39 Å². The normalized spacial score (nSPS) is 11.0. The highest BCUT2D eigenvalue weighted by Crippen LogP contribution is 2.27. The average Bonchev–Trinajstić information content (AvgIpc) is 3.11. The van der Waals surface area contributed by atoms with Gasteiger partial charge in [-0.2, -0.15) is 5.21 Å². The highest BCUT2D eigenvalue weighted by molar-refractivity contribution is 6.33. The summed E-state index contributed by atoms with van der Waals surface area (Å²) in [6.07, 6.45) is 5.11. The molecular weight excluding hydrogens is 295 g/mol. The molecule has 0 aliphatic carbocycles. The van der Waals surface area contributed by atoms with Gasteiger partial charge in [0.15, 0.2) is 5.82 Å². The summed E-state index contributed by atoms with van der Waals surface area (Å²) in [6.45, 7) is 0.734. The Balaban J connectivity index is 1.74. The molecule has 3 rings (SSSR count). The van der Waals surface area contributed by atoms with Gasteiger partial charge in [0, 0.05) is 30.9 Å². The number of tetrazole rings is 1. The number of aromatic amines is 1. The zero-order valence-corrected chi connectivity index (χ0v) is 11.8. The highest BCUT2D eigenvalue weighted by Gasteiger charge is 2.11. The first-order valence-electron chi connectivity index (χ1n) is 6.43. The van der Waals surface area contributed by atoms with Crippen molar-refractivity contribution in [3.8, 4) is 11.4 Å². The number of nitrogens with one attached hydrogen (secondary N) is 1. The molecule has 8 heteroatoms. The molecule has 6 nitrogen and oxygen atoms in total. The average molecular weight is 307 g/mol. The maximum Gasteiger partial charge on any atom is 0.174 e. The molecule has 0 unspecified atom stereocenters. The van der Waals surface area contributed by atoms with E-state index in [-0.39, 0.29) is 5.82 Å². The molecule has 0 fully saturated rings. The molecule has 21 heavy (non-hydrogen) atoms. The zero-order valence-electron chi connectivity index (χ0n) is 11.0. The van der Waals surface area contributed by atoms with Crippen LogP contribution in [0.4, 0.5) is 4.39 Å². The molecule has 0 radical (unpaired) electrons. The van der Waals surface area contributed by atoms with Crippen LogP contribution in [0.5, 0.6) is 0 Å². The van der Waals surface area contributed by atoms with Crippen LogP contribution in [0, 0.1) is 5.82 Å². The minimum absolute atomic E-state index is 0.348. The van der Waals surface area contributed by atoms with Gasteiger partial charge in [0.05, 0.1) is 5.02 Å². The van der Waals surface area contributed by atoms with E-state index in [2.05, 4.69) is 25.6 Å². The summed E-state index contributed by atoms with van der Waals surface area (Å²) in [5.74, 6) is 1.03. The predicted octanol–water partition coefficient (Wildman–Crippen LogP) is 2.49. The van der Waals surface area contributed by atoms with Gasteiger partial charge in [-0.15, -0.1) is 10.2 Å². The Bertz CT molecular complexity index is 724. The van der Waals surface area contributed by atoms with Crippen molar-refractivity contribution in [2.24, 2.45) is 0 Å². The fraction of sp³-hybridized carbons (Fsp3) is 0.231. The fourth-order valence-electron chi connectivity index (χ4n) is 2.10. The molecule has 2 heterocycles. The second kappa shape index (κ2) is 6.01. The quantitative estimate of drug-likeness (QED) is 0.786. The van der Waals surface area contributed by atoms with Crippen LogP contribution < -0.4 is 0 Å². The lowest BCUT2D eigenvalue weighted by molar-refractivity contribution is 0.626. The van der Waals surface area contributed by atoms with Crippen LogP contribution in [0.15, 0.2) is 30.6 Å². The number of rotatable bonds is 5. The summed E-state index contributed by atoms with van der Waals surface area (Å²) in [5.41, 5.74) is 0.711. The molecule has 0 amide bonds. The maximum absolute atomic E-state index is 13.1. The number of aromatic nitrogens is 6. The summed E-state index contributed by atoms with van der Waals surface area (Å²) in [7, 11) is 0. The van der Waals surface area contributed by atoms with Crippen molar-refractivity contribution in [2.75, 3.05) is 0 Å². The largest absolute Gasteiger partial charge is 0.331 e. The van der Waals surface area contributed by atoms with Gasteiger partial charge in [0.1, 0.15) is 11.6 Å². The smallest absolute Gasteiger partial charge is 0.174 e. The first-order valence-corrected chi connectivity index (χ1v) is 6.81. The molecule has 0 aliphatic heterocycles. The predicted molar refractivity (Wildman–Crippen MR) is 75.1 cm³/mol. The van der Waals surface area contributed by atoms with Crippen LogP contribution in [0.3, 0.4) is 0 Å². The van der Waals surface area contributed by atoms with Crippen LogP contribution in [0.1, 0.15) is 12.2 Å². The van der Waals surface area contributed by atoms with E-state index in [0.29, 0.717) is 28.7 Å². The molecule has 3 aromatic rings. The number of benzene rings is 1. The van der Waals surface area contributed by atoms with Crippen molar-refractivity contribution in [2.45, 2.75) is 19.4 Å². The second-order valence-electron chi connectivity index (χ2n) is 4.50. The topological polar surface area (TPSA) is 72.3 Å². The van der Waals surface area contributed by atoms with E-state index >= 15 is 0 Å². The lowest BCUT2D eigenvalue weighted by Crippen LogP contribution is -2.02. The lowest BCUT2D eigenvalue weighted by atomic mass is 10.2. The molecule has 2 aromatic heterocycles. The van der Waals surface area contributed by atoms with E-state index in [0.717, 1.165) is 13.0 Å². The van der Waals surface area contributed by atoms with E-state index < -0.39 is 0 Å². The first kappa shape index (κ1) is 13.7. The molecule has 0 saturated carbocycles. The Labute approximate surface area is 125 Å². The van der Waals surface area contributed by atoms with Gasteiger partial charge < -0.3 is 4.57 Å². The number of halogens is 2. The number of hydrogen-bond acceptors (Lipinski definition) is 4. The van der Waals surface area contributed by atoms with Gasteiger partial charge in [-0.05, 0) is 24.6 Å². The van der Waals surface area contributed by atoms with Gasteiger partial charge in [-0.1, -0.05) is 16.8 Å². The third-order valence-electron chi connectivity index (χ3n) is 3.08. The molecular formula is C13H12ClFN6. The molecule has 1 aromatic carbocycles. The number of H-pyrrole nitrogens is 1. The van der Waals surface area contributed by atoms with Crippen LogP contribution in [0.25, 0.3) is 11.4 Å². The monoisotopic (exact) mass is 306 g/mol. The third-order valence-corrected chi connectivity index (χ3v) is 3.39. The summed E-state index contributed by atoms with van der Waals surface area (Å²) < 4.78 is 15.1. The SMILES string of the molecule is Fc1ccc(-c2nccn2CCCc2nn[nH]n2)c(Cl)c1. The minimum Gasteiger partial charge on any atom is -0.331 e. The molecule has 108 valence electrons. The highest BCUT2D eigenvalue weighted by atomic mass is 35.5. The van der Waals surface area contributed by atoms with Crippen LogP contribution in [-0.4, -0.2) is 30.2 Å². The van der Waals surface area contributed by atoms with Crippen LogP contribution in [0.2, 0.25) is 5.02 Å². The number of hydrogen-bond donors (Lipinski definition) is 1. The zero-order chi connectivity index (χ0) is 14.7. The first-order chi connectivity index (χ1) is 10.2. The van der Waals surface area contributed by atoms with E-state index in [1.165, 1.54) is 12.1 Å². The second-order valence-corrected chi connectivity index (χ2v) is 4.91. The van der Waals surface area contributed by atoms with Crippen molar-refractivity contribution >= 4 is 11.6 Å². The minimum atomic E-state index is -0.362. The molecule has 0 atom stereocenters. The Hall–Kier alpha value is -2.28. The van der Waals surface area contributed by atoms with Crippen molar-refractivity contribution in [3.05, 3.63) is 47.3 Å². The van der Waals surface area contributed by atoms with Gasteiger partial charge in [-0.3, -0.25) is 0 Å². The Morgan fingerprint density at radius 1 is 1.33 bits per heavy atom. The third kappa shape index (κ3) is 3.08. The lowest BCUT2D eigenvalue weighted by Gasteiger charge is -2.08. The van der Waals surface area contributed by atoms with E-state index in [4.69, 9.17) is 11.6 Å². The molecule has 0 bridgehead atoms. The molecule has 1 N–H and O–H groups in total. The van der Waals surface area contributed by atoms with Crippen LogP contribution in [-0.2, 0) is 13.0 Å². The van der Waals surface area contributed by atoms with Gasteiger partial charge >= 0.3 is 0 Å². The summed E-state index contributed by atoms with van der Waals surface area (Å²) in [5, 5.41) is 14.1. The Morgan fingerprint density at radius 2 is 2.24 bits per heavy atom. The Morgan fingerprint density at radius 3 is 3.00 bits per heavy atom. The molecule has 0 aliphatic rings.